The highest BCUT2D eigenvalue weighted by atomic mass is 19.4. The molecule has 0 aliphatic heterocycles. The second-order valence-corrected chi connectivity index (χ2v) is 6.66. The maximum Gasteiger partial charge on any atom is 0.416 e. The first-order valence-corrected chi connectivity index (χ1v) is 8.37. The quantitative estimate of drug-likeness (QED) is 0.659. The topological polar surface area (TPSA) is 83.5 Å². The van der Waals surface area contributed by atoms with Crippen LogP contribution in [-0.2, 0) is 6.18 Å². The van der Waals surface area contributed by atoms with Crippen LogP contribution in [0.25, 0.3) is 11.0 Å². The van der Waals surface area contributed by atoms with Crippen molar-refractivity contribution in [1.29, 1.82) is 0 Å². The molecule has 6 nitrogen and oxygen atoms in total. The Hall–Kier alpha value is -2.98. The maximum atomic E-state index is 13.4. The average molecular weight is 400 g/mol. The normalized spacial score (nSPS) is 16.1. The standard InChI is InChI=1S/C17H13F5N4O2/c18-13(19)11-10-14(23-16(28)24-15(10)27)26(25-11)12(7-1-2-7)8-3-5-9(6-4-8)17(20,21)22/h3-7,12-13H,1-2H2,(H2,23,24,27,28)/t12-/m1/s1. The van der Waals surface area contributed by atoms with E-state index in [1.807, 2.05) is 4.98 Å². The molecule has 2 heterocycles. The van der Waals surface area contributed by atoms with Gasteiger partial charge in [-0.25, -0.2) is 18.3 Å². The van der Waals surface area contributed by atoms with Gasteiger partial charge in [0, 0.05) is 0 Å². The number of aromatic nitrogens is 4. The smallest absolute Gasteiger partial charge is 0.291 e. The number of nitrogens with one attached hydrogen (secondary N) is 2. The molecule has 0 unspecified atom stereocenters. The molecule has 2 N–H and O–H groups in total. The second kappa shape index (κ2) is 6.28. The molecule has 0 radical (unpaired) electrons. The van der Waals surface area contributed by atoms with Crippen molar-refractivity contribution in [3.63, 3.8) is 0 Å². The fraction of sp³-hybridized carbons (Fsp3) is 0.353. The van der Waals surface area contributed by atoms with E-state index in [9.17, 15) is 31.5 Å². The zero-order chi connectivity index (χ0) is 20.2. The molecule has 4 rings (SSSR count). The van der Waals surface area contributed by atoms with E-state index in [0.29, 0.717) is 18.4 Å². The summed E-state index contributed by atoms with van der Waals surface area (Å²) in [6.45, 7) is 0. The first-order chi connectivity index (χ1) is 13.2. The Bertz CT molecular complexity index is 1140. The Morgan fingerprint density at radius 3 is 2.25 bits per heavy atom. The number of rotatable bonds is 4. The van der Waals surface area contributed by atoms with E-state index in [0.717, 1.165) is 16.8 Å². The Kier molecular flexibility index (Phi) is 4.12. The van der Waals surface area contributed by atoms with Gasteiger partial charge >= 0.3 is 11.9 Å². The zero-order valence-corrected chi connectivity index (χ0v) is 14.1. The summed E-state index contributed by atoms with van der Waals surface area (Å²) in [5.74, 6) is -0.0619. The summed E-state index contributed by atoms with van der Waals surface area (Å²) < 4.78 is 66.4. The van der Waals surface area contributed by atoms with Crippen molar-refractivity contribution < 1.29 is 22.0 Å². The van der Waals surface area contributed by atoms with Crippen LogP contribution in [-0.4, -0.2) is 19.7 Å². The molecule has 0 saturated heterocycles. The number of H-pyrrole nitrogens is 2. The van der Waals surface area contributed by atoms with Crippen LogP contribution in [0, 0.1) is 5.92 Å². The summed E-state index contributed by atoms with van der Waals surface area (Å²) in [4.78, 5) is 27.9. The molecule has 1 fully saturated rings. The molecule has 148 valence electrons. The van der Waals surface area contributed by atoms with E-state index in [4.69, 9.17) is 0 Å². The maximum absolute atomic E-state index is 13.4. The number of fused-ring (bicyclic) bond motifs is 1. The number of hydrogen-bond donors (Lipinski definition) is 2. The van der Waals surface area contributed by atoms with Crippen molar-refractivity contribution >= 4 is 11.0 Å². The molecule has 28 heavy (non-hydrogen) atoms. The van der Waals surface area contributed by atoms with Crippen LogP contribution in [0.1, 0.15) is 42.1 Å². The molecule has 0 amide bonds. The summed E-state index contributed by atoms with van der Waals surface area (Å²) in [5.41, 5.74) is -3.27. The highest BCUT2D eigenvalue weighted by Gasteiger charge is 2.38. The van der Waals surface area contributed by atoms with Gasteiger partial charge in [0.1, 0.15) is 16.7 Å². The van der Waals surface area contributed by atoms with Crippen molar-refractivity contribution in [1.82, 2.24) is 19.7 Å². The van der Waals surface area contributed by atoms with E-state index in [-0.39, 0.29) is 11.6 Å². The molecule has 2 aromatic heterocycles. The van der Waals surface area contributed by atoms with Crippen LogP contribution in [0.3, 0.4) is 0 Å². The van der Waals surface area contributed by atoms with E-state index in [2.05, 4.69) is 10.1 Å². The zero-order valence-electron chi connectivity index (χ0n) is 14.1. The van der Waals surface area contributed by atoms with Crippen molar-refractivity contribution in [2.75, 3.05) is 0 Å². The largest absolute Gasteiger partial charge is 0.416 e. The molecule has 1 saturated carbocycles. The van der Waals surface area contributed by atoms with Crippen molar-refractivity contribution in [3.05, 3.63) is 61.9 Å². The van der Waals surface area contributed by atoms with Gasteiger partial charge in [0.25, 0.3) is 12.0 Å². The Morgan fingerprint density at radius 1 is 1.07 bits per heavy atom. The molecule has 0 bridgehead atoms. The third-order valence-electron chi connectivity index (χ3n) is 4.74. The Balaban J connectivity index is 1.91. The van der Waals surface area contributed by atoms with Crippen molar-refractivity contribution in [2.45, 2.75) is 31.5 Å². The minimum Gasteiger partial charge on any atom is -0.291 e. The summed E-state index contributed by atoms with van der Waals surface area (Å²) in [6, 6.07) is 3.63. The van der Waals surface area contributed by atoms with Crippen molar-refractivity contribution in [2.24, 2.45) is 5.92 Å². The number of alkyl halides is 5. The van der Waals surface area contributed by atoms with Gasteiger partial charge in [-0.2, -0.15) is 18.3 Å². The first-order valence-electron chi connectivity index (χ1n) is 8.37. The fourth-order valence-corrected chi connectivity index (χ4v) is 3.35. The lowest BCUT2D eigenvalue weighted by atomic mass is 10.0. The summed E-state index contributed by atoms with van der Waals surface area (Å²) >= 11 is 0. The van der Waals surface area contributed by atoms with Gasteiger partial charge in [-0.3, -0.25) is 14.8 Å². The Labute approximate surface area is 153 Å². The molecule has 1 atom stereocenters. The lowest BCUT2D eigenvalue weighted by Crippen LogP contribution is -2.24. The minimum absolute atomic E-state index is 0.0619. The highest BCUT2D eigenvalue weighted by Crippen LogP contribution is 2.45. The molecule has 1 aromatic carbocycles. The minimum atomic E-state index is -4.51. The summed E-state index contributed by atoms with van der Waals surface area (Å²) in [5, 5.41) is 3.42. The monoisotopic (exact) mass is 400 g/mol. The SMILES string of the molecule is O=c1[nH]c(=O)c2c(C(F)F)nn([C@@H](c3ccc(C(F)(F)F)cc3)C3CC3)c2[nH]1. The van der Waals surface area contributed by atoms with Gasteiger partial charge in [-0.05, 0) is 36.5 Å². The molecule has 1 aliphatic rings. The lowest BCUT2D eigenvalue weighted by Gasteiger charge is -2.19. The third-order valence-corrected chi connectivity index (χ3v) is 4.74. The van der Waals surface area contributed by atoms with Crippen LogP contribution >= 0.6 is 0 Å². The number of benzene rings is 1. The van der Waals surface area contributed by atoms with Gasteiger partial charge in [0.05, 0.1) is 11.6 Å². The van der Waals surface area contributed by atoms with Crippen molar-refractivity contribution in [3.8, 4) is 0 Å². The number of nitrogens with zero attached hydrogens (tertiary/aromatic N) is 2. The van der Waals surface area contributed by atoms with Crippen LogP contribution < -0.4 is 11.2 Å². The number of aromatic amines is 2. The third kappa shape index (κ3) is 3.10. The second-order valence-electron chi connectivity index (χ2n) is 6.66. The molecular weight excluding hydrogens is 387 g/mol. The van der Waals surface area contributed by atoms with E-state index >= 15 is 0 Å². The molecular formula is C17H13F5N4O2. The van der Waals surface area contributed by atoms with Crippen LogP contribution in [0.15, 0.2) is 33.9 Å². The summed E-state index contributed by atoms with van der Waals surface area (Å²) in [6.07, 6.45) is -6.15. The lowest BCUT2D eigenvalue weighted by molar-refractivity contribution is -0.137. The van der Waals surface area contributed by atoms with Gasteiger partial charge in [-0.15, -0.1) is 0 Å². The molecule has 0 spiro atoms. The van der Waals surface area contributed by atoms with E-state index < -0.39 is 46.5 Å². The van der Waals surface area contributed by atoms with Crippen LogP contribution in [0.5, 0.6) is 0 Å². The average Bonchev–Trinajstić information content (AvgIpc) is 3.36. The van der Waals surface area contributed by atoms with Gasteiger partial charge in [0.2, 0.25) is 0 Å². The summed E-state index contributed by atoms with van der Waals surface area (Å²) in [7, 11) is 0. The predicted octanol–water partition coefficient (Wildman–Crippen LogP) is 3.37. The number of hydrogen-bond acceptors (Lipinski definition) is 3. The predicted molar refractivity (Wildman–Crippen MR) is 88.2 cm³/mol. The van der Waals surface area contributed by atoms with E-state index in [1.54, 1.807) is 0 Å². The van der Waals surface area contributed by atoms with Crippen LogP contribution in [0.2, 0.25) is 0 Å². The number of halogens is 5. The molecule has 1 aliphatic carbocycles. The van der Waals surface area contributed by atoms with Gasteiger partial charge in [-0.1, -0.05) is 12.1 Å². The first kappa shape index (κ1) is 18.4. The highest BCUT2D eigenvalue weighted by molar-refractivity contribution is 5.77. The fourth-order valence-electron chi connectivity index (χ4n) is 3.35. The van der Waals surface area contributed by atoms with E-state index in [1.165, 1.54) is 12.1 Å². The van der Waals surface area contributed by atoms with Gasteiger partial charge < -0.3 is 0 Å². The van der Waals surface area contributed by atoms with Gasteiger partial charge in [0.15, 0.2) is 0 Å². The van der Waals surface area contributed by atoms with Crippen LogP contribution in [0.4, 0.5) is 22.0 Å². The molecule has 3 aromatic rings. The Morgan fingerprint density at radius 2 is 1.71 bits per heavy atom. The molecule has 11 heteroatoms.